The van der Waals surface area contributed by atoms with Crippen LogP contribution >= 0.6 is 39.9 Å². The first-order chi connectivity index (χ1) is 11.7. The number of rotatable bonds is 7. The molecule has 0 saturated carbocycles. The van der Waals surface area contributed by atoms with Crippen LogP contribution in [-0.2, 0) is 4.79 Å². The maximum Gasteiger partial charge on any atom is 0.390 e. The molecule has 0 aliphatic heterocycles. The molecular formula is C16H23BrF3IN4O. The van der Waals surface area contributed by atoms with Crippen LogP contribution in [0.4, 0.5) is 18.9 Å². The van der Waals surface area contributed by atoms with E-state index in [1.165, 1.54) is 0 Å². The molecule has 0 unspecified atom stereocenters. The highest BCUT2D eigenvalue weighted by molar-refractivity contribution is 14.0. The molecule has 0 saturated heterocycles. The van der Waals surface area contributed by atoms with Crippen molar-refractivity contribution in [2.45, 2.75) is 32.9 Å². The Balaban J connectivity index is 0.00000625. The number of benzene rings is 1. The van der Waals surface area contributed by atoms with E-state index >= 15 is 0 Å². The molecule has 0 spiro atoms. The van der Waals surface area contributed by atoms with Gasteiger partial charge in [0.1, 0.15) is 0 Å². The van der Waals surface area contributed by atoms with E-state index in [0.717, 1.165) is 10.0 Å². The average molecular weight is 551 g/mol. The Hall–Kier alpha value is -1.04. The van der Waals surface area contributed by atoms with Gasteiger partial charge in [0.15, 0.2) is 5.96 Å². The maximum atomic E-state index is 12.2. The number of nitrogens with one attached hydrogen (secondary N) is 3. The number of carbonyl (C=O) groups excluding carboxylic acids is 1. The van der Waals surface area contributed by atoms with Crippen LogP contribution in [0.3, 0.4) is 0 Å². The van der Waals surface area contributed by atoms with Crippen molar-refractivity contribution in [1.29, 1.82) is 0 Å². The minimum Gasteiger partial charge on any atom is -0.357 e. The van der Waals surface area contributed by atoms with Gasteiger partial charge in [0.05, 0.1) is 13.0 Å². The molecule has 1 aromatic rings. The highest BCUT2D eigenvalue weighted by Gasteiger charge is 2.26. The fraction of sp³-hybridized carbons (Fsp3) is 0.500. The number of anilines is 1. The Morgan fingerprint density at radius 2 is 1.96 bits per heavy atom. The van der Waals surface area contributed by atoms with E-state index in [1.54, 1.807) is 0 Å². The number of amides is 1. The van der Waals surface area contributed by atoms with Crippen LogP contribution in [0.15, 0.2) is 27.7 Å². The fourth-order valence-corrected chi connectivity index (χ4v) is 2.23. The monoisotopic (exact) mass is 550 g/mol. The molecule has 1 aromatic carbocycles. The molecule has 1 rings (SSSR count). The Morgan fingerprint density at radius 1 is 1.27 bits per heavy atom. The van der Waals surface area contributed by atoms with E-state index in [-0.39, 0.29) is 55.4 Å². The Bertz CT molecular complexity index is 612. The number of hydrogen-bond acceptors (Lipinski definition) is 2. The Morgan fingerprint density at radius 3 is 2.58 bits per heavy atom. The largest absolute Gasteiger partial charge is 0.390 e. The van der Waals surface area contributed by atoms with E-state index < -0.39 is 12.6 Å². The van der Waals surface area contributed by atoms with Crippen molar-refractivity contribution in [3.8, 4) is 0 Å². The first-order valence-corrected chi connectivity index (χ1v) is 8.65. The van der Waals surface area contributed by atoms with Gasteiger partial charge < -0.3 is 16.0 Å². The molecule has 0 radical (unpaired) electrons. The zero-order valence-electron chi connectivity index (χ0n) is 14.5. The lowest BCUT2D eigenvalue weighted by Gasteiger charge is -2.12. The molecular weight excluding hydrogens is 528 g/mol. The summed E-state index contributed by atoms with van der Waals surface area (Å²) >= 11 is 3.35. The van der Waals surface area contributed by atoms with E-state index in [2.05, 4.69) is 36.9 Å². The number of nitrogens with zero attached hydrogens (tertiary/aromatic N) is 1. The second-order valence-corrected chi connectivity index (χ2v) is 6.23. The highest BCUT2D eigenvalue weighted by atomic mass is 127. The third kappa shape index (κ3) is 10.8. The lowest BCUT2D eigenvalue weighted by Crippen LogP contribution is -2.39. The zero-order chi connectivity index (χ0) is 18.9. The molecule has 0 atom stereocenters. The summed E-state index contributed by atoms with van der Waals surface area (Å²) in [5, 5.41) is 8.50. The van der Waals surface area contributed by atoms with E-state index in [9.17, 15) is 18.0 Å². The zero-order valence-corrected chi connectivity index (χ0v) is 18.5. The fourth-order valence-electron chi connectivity index (χ4n) is 1.87. The molecule has 0 fully saturated rings. The first kappa shape index (κ1) is 25.0. The number of hydrogen-bond donors (Lipinski definition) is 3. The van der Waals surface area contributed by atoms with Gasteiger partial charge in [-0.25, -0.2) is 0 Å². The van der Waals surface area contributed by atoms with Gasteiger partial charge in [-0.15, -0.1) is 24.0 Å². The van der Waals surface area contributed by atoms with Gasteiger partial charge in [-0.1, -0.05) is 22.0 Å². The first-order valence-electron chi connectivity index (χ1n) is 7.86. The summed E-state index contributed by atoms with van der Waals surface area (Å²) in [5.41, 5.74) is 1.65. The minimum absolute atomic E-state index is 0. The normalized spacial score (nSPS) is 11.5. The molecule has 5 nitrogen and oxygen atoms in total. The van der Waals surface area contributed by atoms with Gasteiger partial charge in [0.25, 0.3) is 0 Å². The molecule has 0 aliphatic carbocycles. The molecule has 1 amide bonds. The van der Waals surface area contributed by atoms with Crippen molar-refractivity contribution in [2.75, 3.05) is 25.0 Å². The number of carbonyl (C=O) groups is 1. The van der Waals surface area contributed by atoms with Crippen LogP contribution < -0.4 is 16.0 Å². The van der Waals surface area contributed by atoms with Crippen molar-refractivity contribution in [3.05, 3.63) is 28.2 Å². The van der Waals surface area contributed by atoms with E-state index in [0.29, 0.717) is 12.2 Å². The van der Waals surface area contributed by atoms with Gasteiger partial charge in [-0.3, -0.25) is 9.79 Å². The van der Waals surface area contributed by atoms with Crippen molar-refractivity contribution in [3.63, 3.8) is 0 Å². The summed E-state index contributed by atoms with van der Waals surface area (Å²) < 4.78 is 37.3. The van der Waals surface area contributed by atoms with Crippen molar-refractivity contribution in [2.24, 2.45) is 4.99 Å². The molecule has 26 heavy (non-hydrogen) atoms. The number of guanidine groups is 1. The van der Waals surface area contributed by atoms with Gasteiger partial charge in [0.2, 0.25) is 5.91 Å². The van der Waals surface area contributed by atoms with Crippen molar-refractivity contribution < 1.29 is 18.0 Å². The molecule has 0 aliphatic rings. The van der Waals surface area contributed by atoms with E-state index in [4.69, 9.17) is 0 Å². The second kappa shape index (κ2) is 12.4. The number of aliphatic imine (C=N–C) groups is 1. The van der Waals surface area contributed by atoms with Gasteiger partial charge >= 0.3 is 6.18 Å². The number of aryl methyl sites for hydroxylation is 1. The summed E-state index contributed by atoms with van der Waals surface area (Å²) in [6.07, 6.45) is -5.05. The summed E-state index contributed by atoms with van der Waals surface area (Å²) in [4.78, 5) is 15.8. The van der Waals surface area contributed by atoms with Crippen LogP contribution in [0.1, 0.15) is 25.3 Å². The van der Waals surface area contributed by atoms with E-state index in [1.807, 2.05) is 32.0 Å². The molecule has 10 heteroatoms. The predicted octanol–water partition coefficient (Wildman–Crippen LogP) is 4.21. The minimum atomic E-state index is -4.23. The van der Waals surface area contributed by atoms with Crippen LogP contribution in [0.2, 0.25) is 0 Å². The number of alkyl halides is 3. The quantitative estimate of drug-likeness (QED) is 0.271. The van der Waals surface area contributed by atoms with Crippen molar-refractivity contribution >= 4 is 57.5 Å². The smallest absolute Gasteiger partial charge is 0.357 e. The van der Waals surface area contributed by atoms with Crippen LogP contribution in [0.25, 0.3) is 0 Å². The third-order valence-corrected chi connectivity index (χ3v) is 3.62. The average Bonchev–Trinajstić information content (AvgIpc) is 2.49. The summed E-state index contributed by atoms with van der Waals surface area (Å²) in [5.74, 6) is 0.0676. The van der Waals surface area contributed by atoms with Crippen LogP contribution in [-0.4, -0.2) is 37.7 Å². The SMILES string of the molecule is CCNC(=NCCC(F)(F)F)NCCC(=O)Nc1cc(Br)ccc1C.I. The maximum absolute atomic E-state index is 12.2. The lowest BCUT2D eigenvalue weighted by molar-refractivity contribution is -0.132. The second-order valence-electron chi connectivity index (χ2n) is 5.31. The molecule has 3 N–H and O–H groups in total. The summed E-state index contributed by atoms with van der Waals surface area (Å²) in [6, 6.07) is 5.57. The third-order valence-electron chi connectivity index (χ3n) is 3.13. The van der Waals surface area contributed by atoms with Crippen LogP contribution in [0, 0.1) is 6.92 Å². The van der Waals surface area contributed by atoms with Gasteiger partial charge in [0, 0.05) is 29.7 Å². The summed E-state index contributed by atoms with van der Waals surface area (Å²) in [7, 11) is 0. The van der Waals surface area contributed by atoms with Gasteiger partial charge in [-0.2, -0.15) is 13.2 Å². The molecule has 148 valence electrons. The highest BCUT2D eigenvalue weighted by Crippen LogP contribution is 2.20. The Labute approximate surface area is 176 Å². The topological polar surface area (TPSA) is 65.5 Å². The van der Waals surface area contributed by atoms with Crippen LogP contribution in [0.5, 0.6) is 0 Å². The molecule has 0 aromatic heterocycles. The summed E-state index contributed by atoms with van der Waals surface area (Å²) in [6.45, 7) is 4.11. The molecule has 0 bridgehead atoms. The number of halogens is 5. The standard InChI is InChI=1S/C16H22BrF3N4O.HI/c1-3-21-15(23-9-7-16(18,19)20)22-8-6-14(25)24-13-10-12(17)5-4-11(13)2;/h4-5,10H,3,6-9H2,1-2H3,(H,24,25)(H2,21,22,23);1H. The van der Waals surface area contributed by atoms with Crippen molar-refractivity contribution in [1.82, 2.24) is 10.6 Å². The molecule has 0 heterocycles. The lowest BCUT2D eigenvalue weighted by atomic mass is 10.2. The Kier molecular flexibility index (Phi) is 11.9. The predicted molar refractivity (Wildman–Crippen MR) is 112 cm³/mol. The van der Waals surface area contributed by atoms with Gasteiger partial charge in [-0.05, 0) is 31.5 Å².